The van der Waals surface area contributed by atoms with Gasteiger partial charge in [0.15, 0.2) is 5.71 Å². The van der Waals surface area contributed by atoms with E-state index in [2.05, 4.69) is 5.16 Å². The molecule has 0 saturated heterocycles. The van der Waals surface area contributed by atoms with Gasteiger partial charge in [-0.1, -0.05) is 23.4 Å². The number of fused-ring (bicyclic) bond motifs is 1. The van der Waals surface area contributed by atoms with Crippen LogP contribution in [0.3, 0.4) is 0 Å². The van der Waals surface area contributed by atoms with Crippen LogP contribution in [0.5, 0.6) is 0 Å². The summed E-state index contributed by atoms with van der Waals surface area (Å²) < 4.78 is 26.2. The van der Waals surface area contributed by atoms with Gasteiger partial charge in [0.2, 0.25) is 0 Å². The first-order valence-corrected chi connectivity index (χ1v) is 8.74. The van der Waals surface area contributed by atoms with Crippen LogP contribution in [0.1, 0.15) is 26.3 Å². The van der Waals surface area contributed by atoms with E-state index in [-0.39, 0.29) is 22.5 Å². The number of oxime groups is 1. The molecule has 0 saturated carbocycles. The standard InChI is InChI=1S/C22H12F2N2O4/c23-15-9-5-13(6-10-15)20(27)26-18-4-2-1-3-17(18)19(21(26)28)25-30-22(29)14-7-11-16(24)12-8-14/h1-12H. The third-order valence-corrected chi connectivity index (χ3v) is 4.40. The van der Waals surface area contributed by atoms with Crippen molar-refractivity contribution >= 4 is 29.2 Å². The molecule has 0 bridgehead atoms. The fraction of sp³-hybridized carbons (Fsp3) is 0. The predicted octanol–water partition coefficient (Wildman–Crippen LogP) is 3.71. The van der Waals surface area contributed by atoms with Gasteiger partial charge in [-0.3, -0.25) is 9.59 Å². The summed E-state index contributed by atoms with van der Waals surface area (Å²) in [7, 11) is 0. The first-order valence-electron chi connectivity index (χ1n) is 8.74. The number of benzene rings is 3. The van der Waals surface area contributed by atoms with Crippen LogP contribution in [0.25, 0.3) is 0 Å². The molecule has 8 heteroatoms. The molecule has 0 fully saturated rings. The molecular formula is C22H12F2N2O4. The average molecular weight is 406 g/mol. The van der Waals surface area contributed by atoms with E-state index in [0.29, 0.717) is 5.56 Å². The summed E-state index contributed by atoms with van der Waals surface area (Å²) in [6.07, 6.45) is 0. The molecule has 30 heavy (non-hydrogen) atoms. The Labute approximate surface area is 169 Å². The normalized spacial score (nSPS) is 14.0. The van der Waals surface area contributed by atoms with Crippen LogP contribution < -0.4 is 4.90 Å². The van der Waals surface area contributed by atoms with Crippen molar-refractivity contribution in [1.29, 1.82) is 0 Å². The van der Waals surface area contributed by atoms with Gasteiger partial charge in [0.1, 0.15) is 11.6 Å². The van der Waals surface area contributed by atoms with Gasteiger partial charge in [0, 0.05) is 11.1 Å². The number of halogens is 2. The number of nitrogens with zero attached hydrogens (tertiary/aromatic N) is 2. The van der Waals surface area contributed by atoms with Gasteiger partial charge < -0.3 is 4.84 Å². The SMILES string of the molecule is O=C(ON=C1C(=O)N(C(=O)c2ccc(F)cc2)c2ccccc21)c1ccc(F)cc1. The maximum absolute atomic E-state index is 13.2. The highest BCUT2D eigenvalue weighted by atomic mass is 19.1. The number of rotatable bonds is 3. The Bertz CT molecular complexity index is 1190. The minimum atomic E-state index is -0.893. The maximum Gasteiger partial charge on any atom is 0.365 e. The topological polar surface area (TPSA) is 76.0 Å². The van der Waals surface area contributed by atoms with Gasteiger partial charge in [-0.25, -0.2) is 18.5 Å². The fourth-order valence-electron chi connectivity index (χ4n) is 2.94. The molecule has 3 aromatic carbocycles. The van der Waals surface area contributed by atoms with E-state index in [0.717, 1.165) is 29.2 Å². The first-order chi connectivity index (χ1) is 14.5. The van der Waals surface area contributed by atoms with Gasteiger partial charge in [-0.05, 0) is 54.6 Å². The van der Waals surface area contributed by atoms with Gasteiger partial charge >= 0.3 is 5.97 Å². The minimum Gasteiger partial charge on any atom is -0.312 e. The lowest BCUT2D eigenvalue weighted by atomic mass is 10.1. The van der Waals surface area contributed by atoms with Crippen LogP contribution in [0.2, 0.25) is 0 Å². The number of carbonyl (C=O) groups excluding carboxylic acids is 3. The predicted molar refractivity (Wildman–Crippen MR) is 103 cm³/mol. The second-order valence-corrected chi connectivity index (χ2v) is 6.30. The molecule has 0 N–H and O–H groups in total. The molecule has 148 valence electrons. The first kappa shape index (κ1) is 19.1. The molecule has 1 aliphatic rings. The van der Waals surface area contributed by atoms with Crippen LogP contribution in [-0.4, -0.2) is 23.5 Å². The number of hydrogen-bond donors (Lipinski definition) is 0. The molecule has 0 unspecified atom stereocenters. The smallest absolute Gasteiger partial charge is 0.312 e. The number of amides is 2. The van der Waals surface area contributed by atoms with E-state index in [1.165, 1.54) is 24.3 Å². The average Bonchev–Trinajstić information content (AvgIpc) is 3.03. The summed E-state index contributed by atoms with van der Waals surface area (Å²) in [6.45, 7) is 0. The Kier molecular flexibility index (Phi) is 4.89. The molecule has 0 radical (unpaired) electrons. The summed E-state index contributed by atoms with van der Waals surface area (Å²) in [5, 5.41) is 3.65. The summed E-state index contributed by atoms with van der Waals surface area (Å²) in [5.74, 6) is -3.40. The molecule has 0 aliphatic carbocycles. The zero-order valence-electron chi connectivity index (χ0n) is 15.2. The molecule has 6 nitrogen and oxygen atoms in total. The largest absolute Gasteiger partial charge is 0.365 e. The molecule has 3 aromatic rings. The number of para-hydroxylation sites is 1. The summed E-state index contributed by atoms with van der Waals surface area (Å²) in [4.78, 5) is 43.6. The highest BCUT2D eigenvalue weighted by Crippen LogP contribution is 2.30. The van der Waals surface area contributed by atoms with Gasteiger partial charge in [0.25, 0.3) is 11.8 Å². The van der Waals surface area contributed by atoms with Crippen molar-refractivity contribution in [2.45, 2.75) is 0 Å². The molecule has 0 aromatic heterocycles. The van der Waals surface area contributed by atoms with E-state index >= 15 is 0 Å². The van der Waals surface area contributed by atoms with E-state index in [4.69, 9.17) is 4.84 Å². The summed E-state index contributed by atoms with van der Waals surface area (Å²) >= 11 is 0. The van der Waals surface area contributed by atoms with Crippen LogP contribution >= 0.6 is 0 Å². The zero-order chi connectivity index (χ0) is 21.3. The Hall–Kier alpha value is -4.20. The second kappa shape index (κ2) is 7.67. The Balaban J connectivity index is 1.65. The van der Waals surface area contributed by atoms with Crippen molar-refractivity contribution < 1.29 is 28.0 Å². The van der Waals surface area contributed by atoms with Gasteiger partial charge in [0.05, 0.1) is 11.3 Å². The molecule has 0 atom stereocenters. The minimum absolute atomic E-state index is 0.0405. The third-order valence-electron chi connectivity index (χ3n) is 4.40. The van der Waals surface area contributed by atoms with Crippen LogP contribution in [-0.2, 0) is 9.63 Å². The highest BCUT2D eigenvalue weighted by Gasteiger charge is 2.39. The molecule has 1 aliphatic heterocycles. The summed E-state index contributed by atoms with van der Waals surface area (Å²) in [5.41, 5.74) is 0.456. The lowest BCUT2D eigenvalue weighted by molar-refractivity contribution is -0.111. The van der Waals surface area contributed by atoms with Crippen LogP contribution in [0.15, 0.2) is 78.0 Å². The van der Waals surface area contributed by atoms with Crippen molar-refractivity contribution in [1.82, 2.24) is 0 Å². The molecule has 4 rings (SSSR count). The number of hydrogen-bond acceptors (Lipinski definition) is 5. The molecular weight excluding hydrogens is 394 g/mol. The van der Waals surface area contributed by atoms with Crippen molar-refractivity contribution in [3.63, 3.8) is 0 Å². The quantitative estimate of drug-likeness (QED) is 0.378. The number of carbonyl (C=O) groups is 3. The molecule has 0 spiro atoms. The van der Waals surface area contributed by atoms with Crippen molar-refractivity contribution in [2.75, 3.05) is 4.90 Å². The molecule has 2 amide bonds. The lowest BCUT2D eigenvalue weighted by Gasteiger charge is -2.14. The van der Waals surface area contributed by atoms with Crippen LogP contribution in [0, 0.1) is 11.6 Å². The van der Waals surface area contributed by atoms with Gasteiger partial charge in [-0.15, -0.1) is 0 Å². The maximum atomic E-state index is 13.2. The lowest BCUT2D eigenvalue weighted by Crippen LogP contribution is -2.36. The van der Waals surface area contributed by atoms with E-state index in [1.54, 1.807) is 24.3 Å². The van der Waals surface area contributed by atoms with Crippen molar-refractivity contribution in [2.24, 2.45) is 5.16 Å². The Morgan fingerprint density at radius 3 is 2.00 bits per heavy atom. The molecule has 1 heterocycles. The van der Waals surface area contributed by atoms with Crippen molar-refractivity contribution in [3.8, 4) is 0 Å². The van der Waals surface area contributed by atoms with Crippen molar-refractivity contribution in [3.05, 3.63) is 101 Å². The van der Waals surface area contributed by atoms with E-state index in [1.807, 2.05) is 0 Å². The zero-order valence-corrected chi connectivity index (χ0v) is 15.2. The monoisotopic (exact) mass is 406 g/mol. The fourth-order valence-corrected chi connectivity index (χ4v) is 2.94. The highest BCUT2D eigenvalue weighted by molar-refractivity contribution is 6.58. The van der Waals surface area contributed by atoms with E-state index in [9.17, 15) is 23.2 Å². The second-order valence-electron chi connectivity index (χ2n) is 6.30. The van der Waals surface area contributed by atoms with Gasteiger partial charge in [-0.2, -0.15) is 0 Å². The van der Waals surface area contributed by atoms with E-state index < -0.39 is 29.4 Å². The third kappa shape index (κ3) is 3.46. The Morgan fingerprint density at radius 1 is 0.800 bits per heavy atom. The number of anilines is 1. The Morgan fingerprint density at radius 2 is 1.37 bits per heavy atom. The van der Waals surface area contributed by atoms with Crippen LogP contribution in [0.4, 0.5) is 14.5 Å². The summed E-state index contributed by atoms with van der Waals surface area (Å²) in [6, 6.07) is 15.7. The number of imide groups is 1.